The zero-order valence-electron chi connectivity index (χ0n) is 10.4. The van der Waals surface area contributed by atoms with Crippen LogP contribution < -0.4 is 5.32 Å². The van der Waals surface area contributed by atoms with Gasteiger partial charge in [0, 0.05) is 18.0 Å². The van der Waals surface area contributed by atoms with Crippen LogP contribution in [0.5, 0.6) is 0 Å². The summed E-state index contributed by atoms with van der Waals surface area (Å²) >= 11 is 1.75. The minimum atomic E-state index is 0.444. The van der Waals surface area contributed by atoms with E-state index in [1.807, 2.05) is 0 Å². The Hall–Kier alpha value is -0.450. The van der Waals surface area contributed by atoms with Gasteiger partial charge >= 0.3 is 0 Å². The van der Waals surface area contributed by atoms with Crippen molar-refractivity contribution in [3.63, 3.8) is 0 Å². The first-order valence-electron chi connectivity index (χ1n) is 6.11. The summed E-state index contributed by atoms with van der Waals surface area (Å²) in [5, 5.41) is 6.81. The number of aromatic nitrogens is 1. The molecule has 1 aliphatic rings. The fraction of sp³-hybridized carbons (Fsp3) is 0.750. The van der Waals surface area contributed by atoms with Crippen LogP contribution in [0.25, 0.3) is 0 Å². The molecule has 0 saturated carbocycles. The molecule has 0 radical (unpaired) electrons. The van der Waals surface area contributed by atoms with Crippen molar-refractivity contribution in [2.45, 2.75) is 39.3 Å². The van der Waals surface area contributed by atoms with Gasteiger partial charge in [0.05, 0.1) is 16.7 Å². The predicted octanol–water partition coefficient (Wildman–Crippen LogP) is 2.20. The van der Waals surface area contributed by atoms with Crippen molar-refractivity contribution in [1.29, 1.82) is 0 Å². The molecule has 3 nitrogen and oxygen atoms in total. The van der Waals surface area contributed by atoms with E-state index in [2.05, 4.69) is 41.4 Å². The number of hydrogen-bond acceptors (Lipinski definition) is 4. The minimum absolute atomic E-state index is 0.444. The maximum Gasteiger partial charge on any atom is 0.0898 e. The van der Waals surface area contributed by atoms with Gasteiger partial charge in [0.2, 0.25) is 0 Å². The maximum absolute atomic E-state index is 4.61. The van der Waals surface area contributed by atoms with E-state index in [1.54, 1.807) is 11.3 Å². The van der Waals surface area contributed by atoms with E-state index in [0.29, 0.717) is 12.1 Å². The van der Waals surface area contributed by atoms with Crippen LogP contribution >= 0.6 is 11.3 Å². The molecule has 2 atom stereocenters. The molecule has 90 valence electrons. The second kappa shape index (κ2) is 5.25. The average Bonchev–Trinajstić information content (AvgIpc) is 2.90. The van der Waals surface area contributed by atoms with Crippen molar-refractivity contribution < 1.29 is 0 Å². The zero-order valence-corrected chi connectivity index (χ0v) is 11.2. The Kier molecular flexibility index (Phi) is 3.95. The molecule has 2 heterocycles. The highest BCUT2D eigenvalue weighted by molar-refractivity contribution is 7.09. The van der Waals surface area contributed by atoms with Gasteiger partial charge in [0.1, 0.15) is 0 Å². The van der Waals surface area contributed by atoms with Crippen LogP contribution in [0.15, 0.2) is 5.38 Å². The predicted molar refractivity (Wildman–Crippen MR) is 68.9 cm³/mol. The van der Waals surface area contributed by atoms with Crippen LogP contribution in [0.4, 0.5) is 0 Å². The molecule has 1 aromatic heterocycles. The van der Waals surface area contributed by atoms with Crippen LogP contribution in [0.2, 0.25) is 0 Å². The summed E-state index contributed by atoms with van der Waals surface area (Å²) in [7, 11) is 0. The van der Waals surface area contributed by atoms with Crippen LogP contribution in [-0.2, 0) is 0 Å². The van der Waals surface area contributed by atoms with E-state index in [9.17, 15) is 0 Å². The molecule has 16 heavy (non-hydrogen) atoms. The first-order valence-corrected chi connectivity index (χ1v) is 6.98. The Morgan fingerprint density at radius 1 is 1.69 bits per heavy atom. The van der Waals surface area contributed by atoms with Crippen molar-refractivity contribution in [1.82, 2.24) is 15.2 Å². The largest absolute Gasteiger partial charge is 0.315 e. The standard InChI is InChI=1S/C12H21N3S/c1-4-15(11-5-6-13-7-11)9(2)12-8-16-10(3)14-12/h8-9,11,13H,4-7H2,1-3H3. The third-order valence-electron chi connectivity index (χ3n) is 3.43. The lowest BCUT2D eigenvalue weighted by molar-refractivity contribution is 0.160. The zero-order chi connectivity index (χ0) is 11.5. The van der Waals surface area contributed by atoms with Crippen LogP contribution in [0, 0.1) is 6.92 Å². The smallest absolute Gasteiger partial charge is 0.0898 e. The Morgan fingerprint density at radius 2 is 2.50 bits per heavy atom. The number of nitrogens with one attached hydrogen (secondary N) is 1. The van der Waals surface area contributed by atoms with Gasteiger partial charge in [-0.25, -0.2) is 4.98 Å². The van der Waals surface area contributed by atoms with E-state index in [4.69, 9.17) is 0 Å². The molecule has 1 aliphatic heterocycles. The highest BCUT2D eigenvalue weighted by Crippen LogP contribution is 2.25. The third-order valence-corrected chi connectivity index (χ3v) is 4.22. The van der Waals surface area contributed by atoms with E-state index in [0.717, 1.165) is 19.6 Å². The lowest BCUT2D eigenvalue weighted by atomic mass is 10.1. The molecule has 0 bridgehead atoms. The second-order valence-electron chi connectivity index (χ2n) is 4.44. The molecular weight excluding hydrogens is 218 g/mol. The molecule has 0 amide bonds. The van der Waals surface area contributed by atoms with Crippen molar-refractivity contribution >= 4 is 11.3 Å². The molecule has 2 unspecified atom stereocenters. The average molecular weight is 239 g/mol. The summed E-state index contributed by atoms with van der Waals surface area (Å²) in [6.45, 7) is 9.98. The lowest BCUT2D eigenvalue weighted by Crippen LogP contribution is -2.38. The monoisotopic (exact) mass is 239 g/mol. The van der Waals surface area contributed by atoms with E-state index < -0.39 is 0 Å². The van der Waals surface area contributed by atoms with Crippen LogP contribution in [0.1, 0.15) is 37.0 Å². The molecule has 1 aromatic rings. The molecule has 0 spiro atoms. The van der Waals surface area contributed by atoms with Gasteiger partial charge in [-0.05, 0) is 33.4 Å². The number of hydrogen-bond donors (Lipinski definition) is 1. The van der Waals surface area contributed by atoms with Crippen LogP contribution in [0.3, 0.4) is 0 Å². The van der Waals surface area contributed by atoms with Crippen molar-refractivity contribution in [2.24, 2.45) is 0 Å². The van der Waals surface area contributed by atoms with Gasteiger partial charge in [-0.1, -0.05) is 6.92 Å². The summed E-state index contributed by atoms with van der Waals surface area (Å²) in [6.07, 6.45) is 1.27. The number of aryl methyl sites for hydroxylation is 1. The topological polar surface area (TPSA) is 28.2 Å². The Balaban J connectivity index is 2.08. The number of likely N-dealkylation sites (N-methyl/N-ethyl adjacent to an activating group) is 1. The van der Waals surface area contributed by atoms with Gasteiger partial charge in [-0.15, -0.1) is 11.3 Å². The first kappa shape index (κ1) is 12.0. The summed E-state index contributed by atoms with van der Waals surface area (Å²) in [5.41, 5.74) is 1.23. The number of nitrogens with zero attached hydrogens (tertiary/aromatic N) is 2. The molecule has 0 aromatic carbocycles. The fourth-order valence-corrected chi connectivity index (χ4v) is 3.21. The highest BCUT2D eigenvalue weighted by Gasteiger charge is 2.26. The lowest BCUT2D eigenvalue weighted by Gasteiger charge is -2.32. The Morgan fingerprint density at radius 3 is 3.00 bits per heavy atom. The fourth-order valence-electron chi connectivity index (χ4n) is 2.51. The quantitative estimate of drug-likeness (QED) is 0.873. The molecule has 1 fully saturated rings. The summed E-state index contributed by atoms with van der Waals surface area (Å²) in [4.78, 5) is 7.17. The normalized spacial score (nSPS) is 22.9. The Labute approximate surface area is 102 Å². The van der Waals surface area contributed by atoms with Gasteiger partial charge in [0.25, 0.3) is 0 Å². The second-order valence-corrected chi connectivity index (χ2v) is 5.51. The van der Waals surface area contributed by atoms with Crippen molar-refractivity contribution in [3.8, 4) is 0 Å². The third kappa shape index (κ3) is 2.44. The van der Waals surface area contributed by atoms with E-state index >= 15 is 0 Å². The van der Waals surface area contributed by atoms with Crippen LogP contribution in [-0.4, -0.2) is 35.6 Å². The molecule has 4 heteroatoms. The van der Waals surface area contributed by atoms with Gasteiger partial charge in [-0.3, -0.25) is 4.90 Å². The molecule has 0 aliphatic carbocycles. The van der Waals surface area contributed by atoms with Crippen molar-refractivity contribution in [2.75, 3.05) is 19.6 Å². The first-order chi connectivity index (χ1) is 7.72. The van der Waals surface area contributed by atoms with E-state index in [1.165, 1.54) is 17.1 Å². The van der Waals surface area contributed by atoms with Gasteiger partial charge in [-0.2, -0.15) is 0 Å². The minimum Gasteiger partial charge on any atom is -0.315 e. The van der Waals surface area contributed by atoms with Gasteiger partial charge < -0.3 is 5.32 Å². The number of thiazole rings is 1. The van der Waals surface area contributed by atoms with Gasteiger partial charge in [0.15, 0.2) is 0 Å². The maximum atomic E-state index is 4.61. The molecule has 1 saturated heterocycles. The highest BCUT2D eigenvalue weighted by atomic mass is 32.1. The summed E-state index contributed by atoms with van der Waals surface area (Å²) < 4.78 is 0. The Bertz CT molecular complexity index is 331. The summed E-state index contributed by atoms with van der Waals surface area (Å²) in [5.74, 6) is 0. The molecule has 1 N–H and O–H groups in total. The summed E-state index contributed by atoms with van der Waals surface area (Å²) in [6, 6.07) is 1.13. The van der Waals surface area contributed by atoms with E-state index in [-0.39, 0.29) is 0 Å². The number of rotatable bonds is 4. The molecule has 2 rings (SSSR count). The van der Waals surface area contributed by atoms with Crippen molar-refractivity contribution in [3.05, 3.63) is 16.1 Å². The SMILES string of the molecule is CCN(C1CCNC1)C(C)c1csc(C)n1. The molecular formula is C12H21N3S.